The van der Waals surface area contributed by atoms with Crippen LogP contribution in [0, 0.1) is 0 Å². The molecular weight excluding hydrogens is 412 g/mol. The lowest BCUT2D eigenvalue weighted by atomic mass is 9.92. The number of sulfonamides is 2. The molecule has 2 saturated heterocycles. The molecule has 29 heavy (non-hydrogen) atoms. The van der Waals surface area contributed by atoms with Crippen molar-refractivity contribution in [3.05, 3.63) is 29.3 Å². The summed E-state index contributed by atoms with van der Waals surface area (Å²) in [5.74, 6) is -0.00935. The van der Waals surface area contributed by atoms with Crippen LogP contribution in [0.4, 0.5) is 0 Å². The van der Waals surface area contributed by atoms with Gasteiger partial charge in [0.05, 0.1) is 16.8 Å². The lowest BCUT2D eigenvalue weighted by molar-refractivity contribution is 0.0297. The number of hydrogen-bond donors (Lipinski definition) is 0. The molecule has 7 nitrogen and oxygen atoms in total. The van der Waals surface area contributed by atoms with Crippen molar-refractivity contribution in [2.75, 3.05) is 38.5 Å². The molecule has 0 saturated carbocycles. The van der Waals surface area contributed by atoms with E-state index >= 15 is 0 Å². The summed E-state index contributed by atoms with van der Waals surface area (Å²) in [6, 6.07) is 5.45. The van der Waals surface area contributed by atoms with Crippen LogP contribution < -0.4 is 0 Å². The number of benzene rings is 1. The fraction of sp³-hybridized carbons (Fsp3) is 0.700. The Bertz CT molecular complexity index is 932. The highest BCUT2D eigenvalue weighted by atomic mass is 32.2. The van der Waals surface area contributed by atoms with Gasteiger partial charge in [0.1, 0.15) is 0 Å². The average molecular weight is 443 g/mol. The van der Waals surface area contributed by atoms with Gasteiger partial charge < -0.3 is 4.74 Å². The Morgan fingerprint density at radius 3 is 2.24 bits per heavy atom. The van der Waals surface area contributed by atoms with Crippen LogP contribution in [0.15, 0.2) is 23.1 Å². The monoisotopic (exact) mass is 442 g/mol. The molecule has 2 aliphatic heterocycles. The minimum Gasteiger partial charge on any atom is -0.377 e. The van der Waals surface area contributed by atoms with Gasteiger partial charge in [0.25, 0.3) is 0 Å². The molecule has 0 radical (unpaired) electrons. The molecule has 0 bridgehead atoms. The minimum absolute atomic E-state index is 0.00935. The zero-order chi connectivity index (χ0) is 20.5. The molecule has 0 spiro atoms. The summed E-state index contributed by atoms with van der Waals surface area (Å²) in [6.45, 7) is 1.37. The third-order valence-electron chi connectivity index (χ3n) is 6.22. The molecule has 2 fully saturated rings. The predicted octanol–water partition coefficient (Wildman–Crippen LogP) is 1.77. The van der Waals surface area contributed by atoms with E-state index in [0.717, 1.165) is 50.5 Å². The van der Waals surface area contributed by atoms with Gasteiger partial charge in [-0.15, -0.1) is 0 Å². The van der Waals surface area contributed by atoms with Gasteiger partial charge in [0.2, 0.25) is 20.0 Å². The second-order valence-electron chi connectivity index (χ2n) is 8.21. The molecule has 0 amide bonds. The van der Waals surface area contributed by atoms with Crippen molar-refractivity contribution in [3.8, 4) is 0 Å². The van der Waals surface area contributed by atoms with Crippen LogP contribution >= 0.6 is 0 Å². The van der Waals surface area contributed by atoms with Gasteiger partial charge in [0.15, 0.2) is 0 Å². The van der Waals surface area contributed by atoms with Crippen molar-refractivity contribution in [3.63, 3.8) is 0 Å². The van der Waals surface area contributed by atoms with Crippen molar-refractivity contribution in [1.29, 1.82) is 0 Å². The van der Waals surface area contributed by atoms with Crippen molar-refractivity contribution in [2.45, 2.75) is 55.9 Å². The van der Waals surface area contributed by atoms with E-state index in [1.165, 1.54) is 14.2 Å². The standard InChI is InChI=1S/C20H30N2O5S2/c23-28(24,16-19-7-3-4-14-27-19)21-10-12-22(13-11-21)29(25,26)20-9-8-17-5-1-2-6-18(17)15-20/h8-9,15,19H,1-7,10-14,16H2. The Balaban J connectivity index is 1.40. The highest BCUT2D eigenvalue weighted by Gasteiger charge is 2.34. The normalized spacial score (nSPS) is 24.9. The number of fused-ring (bicyclic) bond motifs is 1. The van der Waals surface area contributed by atoms with E-state index in [0.29, 0.717) is 11.5 Å². The number of rotatable bonds is 5. The number of ether oxygens (including phenoxy) is 1. The molecule has 1 aliphatic carbocycles. The van der Waals surface area contributed by atoms with Crippen molar-refractivity contribution in [2.24, 2.45) is 0 Å². The number of hydrogen-bond acceptors (Lipinski definition) is 5. The smallest absolute Gasteiger partial charge is 0.243 e. The van der Waals surface area contributed by atoms with Gasteiger partial charge in [-0.05, 0) is 68.2 Å². The maximum atomic E-state index is 13.1. The first kappa shape index (κ1) is 21.2. The van der Waals surface area contributed by atoms with Crippen LogP contribution in [0.1, 0.15) is 43.2 Å². The fourth-order valence-electron chi connectivity index (χ4n) is 4.49. The third kappa shape index (κ3) is 4.69. The number of nitrogens with zero attached hydrogens (tertiary/aromatic N) is 2. The van der Waals surface area contributed by atoms with E-state index in [2.05, 4.69) is 0 Å². The van der Waals surface area contributed by atoms with Crippen molar-refractivity contribution >= 4 is 20.0 Å². The third-order valence-corrected chi connectivity index (χ3v) is 10.1. The molecule has 0 aromatic heterocycles. The summed E-state index contributed by atoms with van der Waals surface area (Å²) >= 11 is 0. The Kier molecular flexibility index (Phi) is 6.32. The van der Waals surface area contributed by atoms with Gasteiger partial charge in [-0.2, -0.15) is 8.61 Å². The Hall–Kier alpha value is -1.00. The fourth-order valence-corrected chi connectivity index (χ4v) is 7.62. The molecule has 1 atom stereocenters. The van der Waals surface area contributed by atoms with Crippen LogP contribution in [0.2, 0.25) is 0 Å². The van der Waals surface area contributed by atoms with E-state index in [1.54, 1.807) is 6.07 Å². The molecule has 1 aromatic rings. The zero-order valence-electron chi connectivity index (χ0n) is 16.8. The minimum atomic E-state index is -3.60. The van der Waals surface area contributed by atoms with Gasteiger partial charge in [-0.25, -0.2) is 16.8 Å². The second-order valence-corrected chi connectivity index (χ2v) is 12.2. The Morgan fingerprint density at radius 1 is 0.862 bits per heavy atom. The van der Waals surface area contributed by atoms with Gasteiger partial charge in [-0.3, -0.25) is 0 Å². The van der Waals surface area contributed by atoms with Crippen molar-refractivity contribution < 1.29 is 21.6 Å². The van der Waals surface area contributed by atoms with Crippen LogP contribution in [0.3, 0.4) is 0 Å². The maximum absolute atomic E-state index is 13.1. The molecule has 1 unspecified atom stereocenters. The summed E-state index contributed by atoms with van der Waals surface area (Å²) in [6.07, 6.45) is 6.68. The van der Waals surface area contributed by atoms with Crippen LogP contribution in [-0.4, -0.2) is 70.1 Å². The highest BCUT2D eigenvalue weighted by molar-refractivity contribution is 7.89. The Morgan fingerprint density at radius 2 is 1.55 bits per heavy atom. The van der Waals surface area contributed by atoms with E-state index in [1.807, 2.05) is 12.1 Å². The number of piperazine rings is 1. The summed E-state index contributed by atoms with van der Waals surface area (Å²) in [7, 11) is -7.05. The van der Waals surface area contributed by atoms with Crippen LogP contribution in [0.5, 0.6) is 0 Å². The molecule has 162 valence electrons. The van der Waals surface area contributed by atoms with Crippen molar-refractivity contribution in [1.82, 2.24) is 8.61 Å². The van der Waals surface area contributed by atoms with E-state index in [9.17, 15) is 16.8 Å². The topological polar surface area (TPSA) is 84.0 Å². The first-order chi connectivity index (χ1) is 13.9. The molecule has 0 N–H and O–H groups in total. The molecule has 9 heteroatoms. The molecular formula is C20H30N2O5S2. The van der Waals surface area contributed by atoms with Gasteiger partial charge in [0, 0.05) is 32.8 Å². The Labute approximate surface area is 174 Å². The maximum Gasteiger partial charge on any atom is 0.243 e. The lowest BCUT2D eigenvalue weighted by Gasteiger charge is -2.34. The summed E-state index contributed by atoms with van der Waals surface area (Å²) in [4.78, 5) is 0.324. The molecule has 2 heterocycles. The quantitative estimate of drug-likeness (QED) is 0.694. The van der Waals surface area contributed by atoms with Crippen LogP contribution in [0.25, 0.3) is 0 Å². The summed E-state index contributed by atoms with van der Waals surface area (Å²) in [5.41, 5.74) is 2.38. The first-order valence-corrected chi connectivity index (χ1v) is 13.6. The summed E-state index contributed by atoms with van der Waals surface area (Å²) in [5, 5.41) is 0. The lowest BCUT2D eigenvalue weighted by Crippen LogP contribution is -2.51. The summed E-state index contributed by atoms with van der Waals surface area (Å²) < 4.78 is 60.0. The van der Waals surface area contributed by atoms with Gasteiger partial charge >= 0.3 is 0 Å². The molecule has 1 aromatic carbocycles. The highest BCUT2D eigenvalue weighted by Crippen LogP contribution is 2.26. The average Bonchev–Trinajstić information content (AvgIpc) is 2.74. The zero-order valence-corrected chi connectivity index (χ0v) is 18.4. The van der Waals surface area contributed by atoms with Crippen LogP contribution in [-0.2, 0) is 37.6 Å². The predicted molar refractivity (Wildman–Crippen MR) is 111 cm³/mol. The van der Waals surface area contributed by atoms with E-state index in [4.69, 9.17) is 4.74 Å². The van der Waals surface area contributed by atoms with E-state index < -0.39 is 20.0 Å². The largest absolute Gasteiger partial charge is 0.377 e. The van der Waals surface area contributed by atoms with E-state index in [-0.39, 0.29) is 38.0 Å². The molecule has 3 aliphatic rings. The van der Waals surface area contributed by atoms with Gasteiger partial charge in [-0.1, -0.05) is 6.07 Å². The second kappa shape index (κ2) is 8.63. The SMILES string of the molecule is O=S(=O)(CC1CCCCO1)N1CCN(S(=O)(=O)c2ccc3c(c2)CCCC3)CC1. The molecule has 4 rings (SSSR count). The number of aryl methyl sites for hydroxylation is 2. The first-order valence-electron chi connectivity index (χ1n) is 10.6.